The molecule has 8 heavy (non-hydrogen) atoms. The fraction of sp³-hybridized carbons (Fsp3) is 1.00. The summed E-state index contributed by atoms with van der Waals surface area (Å²) in [6, 6.07) is -0.921. The number of hydrogen-bond donors (Lipinski definition) is 1. The Morgan fingerprint density at radius 3 is 1.50 bits per heavy atom. The molecule has 0 radical (unpaired) electrons. The first kappa shape index (κ1) is 5.95. The van der Waals surface area contributed by atoms with E-state index in [0.717, 1.165) is 0 Å². The average Bonchev–Trinajstić information content (AvgIpc) is 1.88. The van der Waals surface area contributed by atoms with Crippen LogP contribution in [0.4, 0.5) is 8.78 Å². The lowest BCUT2D eigenvalue weighted by Crippen LogP contribution is -2.09. The minimum atomic E-state index is -2.62. The zero-order chi connectivity index (χ0) is 6.58. The maximum atomic E-state index is 12.2. The molecule has 1 rings (SSSR count). The van der Waals surface area contributed by atoms with Crippen LogP contribution in [0.3, 0.4) is 0 Å². The molecule has 1 saturated carbocycles. The smallest absolute Gasteiger partial charge is 0.270 e. The largest absolute Gasteiger partial charge is 0.322 e. The van der Waals surface area contributed by atoms with Crippen molar-refractivity contribution in [2.45, 2.75) is 25.8 Å². The van der Waals surface area contributed by atoms with Gasteiger partial charge in [0.1, 0.15) is 0 Å². The van der Waals surface area contributed by atoms with E-state index < -0.39 is 17.4 Å². The molecule has 0 aliphatic heterocycles. The lowest BCUT2D eigenvalue weighted by Gasteiger charge is -1.95. The van der Waals surface area contributed by atoms with Crippen molar-refractivity contribution in [3.8, 4) is 0 Å². The van der Waals surface area contributed by atoms with Gasteiger partial charge in [0, 0.05) is 0 Å². The Kier molecular flexibility index (Phi) is 0.782. The highest BCUT2D eigenvalue weighted by atomic mass is 19.3. The fourth-order valence-corrected chi connectivity index (χ4v) is 0.695. The van der Waals surface area contributed by atoms with E-state index in [0.29, 0.717) is 0 Å². The molecule has 2 N–H and O–H groups in total. The Bertz CT molecular complexity index is 106. The summed E-state index contributed by atoms with van der Waals surface area (Å²) in [4.78, 5) is 0. The van der Waals surface area contributed by atoms with Crippen LogP contribution in [0.1, 0.15) is 13.8 Å². The molecule has 0 unspecified atom stereocenters. The Balaban J connectivity index is 2.72. The van der Waals surface area contributed by atoms with Crippen molar-refractivity contribution >= 4 is 0 Å². The number of alkyl halides is 2. The standard InChI is InChI=1S/C5H9F2N/c1-4(2)3(8)5(4,6)7/h3H,8H2,1-2H3/t3-/m0/s1. The maximum Gasteiger partial charge on any atom is 0.270 e. The molecule has 0 heterocycles. The van der Waals surface area contributed by atoms with Crippen LogP contribution in [0.25, 0.3) is 0 Å². The maximum absolute atomic E-state index is 12.2. The van der Waals surface area contributed by atoms with Crippen molar-refractivity contribution in [1.82, 2.24) is 0 Å². The van der Waals surface area contributed by atoms with E-state index in [9.17, 15) is 8.78 Å². The van der Waals surface area contributed by atoms with Gasteiger partial charge in [-0.25, -0.2) is 8.78 Å². The van der Waals surface area contributed by atoms with Gasteiger partial charge in [0.25, 0.3) is 5.92 Å². The third-order valence-corrected chi connectivity index (χ3v) is 1.94. The topological polar surface area (TPSA) is 26.0 Å². The van der Waals surface area contributed by atoms with Gasteiger partial charge >= 0.3 is 0 Å². The summed E-state index contributed by atoms with van der Waals surface area (Å²) in [6.45, 7) is 2.94. The van der Waals surface area contributed by atoms with Crippen LogP contribution in [0, 0.1) is 5.41 Å². The first-order valence-electron chi connectivity index (χ1n) is 2.54. The molecule has 1 aliphatic carbocycles. The van der Waals surface area contributed by atoms with E-state index in [1.165, 1.54) is 13.8 Å². The number of nitrogens with two attached hydrogens (primary N) is 1. The molecule has 48 valence electrons. The third kappa shape index (κ3) is 0.382. The van der Waals surface area contributed by atoms with Crippen molar-refractivity contribution in [1.29, 1.82) is 0 Å². The van der Waals surface area contributed by atoms with E-state index >= 15 is 0 Å². The van der Waals surface area contributed by atoms with Crippen molar-refractivity contribution in [2.75, 3.05) is 0 Å². The highest BCUT2D eigenvalue weighted by molar-refractivity contribution is 5.17. The summed E-state index contributed by atoms with van der Waals surface area (Å²) in [5.74, 6) is -2.62. The molecular weight excluding hydrogens is 112 g/mol. The summed E-state index contributed by atoms with van der Waals surface area (Å²) in [5, 5.41) is 0. The predicted molar refractivity (Wildman–Crippen MR) is 26.7 cm³/mol. The second-order valence-corrected chi connectivity index (χ2v) is 2.82. The number of halogens is 2. The van der Waals surface area contributed by atoms with Crippen LogP contribution in [-0.2, 0) is 0 Å². The Morgan fingerprint density at radius 2 is 1.50 bits per heavy atom. The molecule has 1 nitrogen and oxygen atoms in total. The molecule has 0 aromatic rings. The van der Waals surface area contributed by atoms with Crippen molar-refractivity contribution in [2.24, 2.45) is 11.1 Å². The normalized spacial score (nSPS) is 39.4. The molecule has 0 amide bonds. The molecule has 0 aromatic carbocycles. The summed E-state index contributed by atoms with van der Waals surface area (Å²) >= 11 is 0. The second-order valence-electron chi connectivity index (χ2n) is 2.82. The molecule has 0 spiro atoms. The van der Waals surface area contributed by atoms with E-state index in [1.54, 1.807) is 0 Å². The van der Waals surface area contributed by atoms with Gasteiger partial charge in [0.05, 0.1) is 11.5 Å². The molecule has 1 aliphatic rings. The van der Waals surface area contributed by atoms with Gasteiger partial charge in [-0.1, -0.05) is 13.8 Å². The van der Waals surface area contributed by atoms with Crippen molar-refractivity contribution < 1.29 is 8.78 Å². The van der Waals surface area contributed by atoms with Crippen LogP contribution in [0.2, 0.25) is 0 Å². The lowest BCUT2D eigenvalue weighted by molar-refractivity contribution is 0.0730. The molecule has 0 saturated heterocycles. The summed E-state index contributed by atoms with van der Waals surface area (Å²) < 4.78 is 24.4. The Labute approximate surface area is 46.9 Å². The van der Waals surface area contributed by atoms with E-state index in [2.05, 4.69) is 0 Å². The minimum Gasteiger partial charge on any atom is -0.322 e. The van der Waals surface area contributed by atoms with Gasteiger partial charge in [-0.2, -0.15) is 0 Å². The van der Waals surface area contributed by atoms with E-state index in [-0.39, 0.29) is 0 Å². The highest BCUT2D eigenvalue weighted by Gasteiger charge is 2.73. The molecule has 1 fully saturated rings. The zero-order valence-corrected chi connectivity index (χ0v) is 4.91. The third-order valence-electron chi connectivity index (χ3n) is 1.94. The Hall–Kier alpha value is -0.180. The molecular formula is C5H9F2N. The van der Waals surface area contributed by atoms with Crippen LogP contribution < -0.4 is 5.73 Å². The molecule has 3 heteroatoms. The Morgan fingerprint density at radius 1 is 1.38 bits per heavy atom. The molecule has 1 atom stereocenters. The highest BCUT2D eigenvalue weighted by Crippen LogP contribution is 2.58. The quantitative estimate of drug-likeness (QED) is 0.508. The van der Waals surface area contributed by atoms with Gasteiger partial charge in [0.2, 0.25) is 0 Å². The monoisotopic (exact) mass is 121 g/mol. The summed E-state index contributed by atoms with van der Waals surface area (Å²) in [5.41, 5.74) is 4.08. The second kappa shape index (κ2) is 1.05. The minimum absolute atomic E-state index is 0.921. The van der Waals surface area contributed by atoms with Gasteiger partial charge in [-0.15, -0.1) is 0 Å². The van der Waals surface area contributed by atoms with Crippen LogP contribution in [0.15, 0.2) is 0 Å². The summed E-state index contributed by atoms with van der Waals surface area (Å²) in [6.07, 6.45) is 0. The number of rotatable bonds is 0. The number of hydrogen-bond acceptors (Lipinski definition) is 1. The SMILES string of the molecule is CC1(C)[C@H](N)C1(F)F. The zero-order valence-electron chi connectivity index (χ0n) is 4.91. The molecule has 0 bridgehead atoms. The van der Waals surface area contributed by atoms with Crippen LogP contribution >= 0.6 is 0 Å². The van der Waals surface area contributed by atoms with E-state index in [1.807, 2.05) is 0 Å². The summed E-state index contributed by atoms with van der Waals surface area (Å²) in [7, 11) is 0. The fourth-order valence-electron chi connectivity index (χ4n) is 0.695. The van der Waals surface area contributed by atoms with E-state index in [4.69, 9.17) is 5.73 Å². The molecule has 0 aromatic heterocycles. The van der Waals surface area contributed by atoms with Crippen LogP contribution in [-0.4, -0.2) is 12.0 Å². The van der Waals surface area contributed by atoms with Crippen LogP contribution in [0.5, 0.6) is 0 Å². The first-order chi connectivity index (χ1) is 3.40. The first-order valence-corrected chi connectivity index (χ1v) is 2.54. The van der Waals surface area contributed by atoms with Crippen molar-refractivity contribution in [3.63, 3.8) is 0 Å². The predicted octanol–water partition coefficient (Wildman–Crippen LogP) is 0.989. The van der Waals surface area contributed by atoms with Gasteiger partial charge in [-0.3, -0.25) is 0 Å². The van der Waals surface area contributed by atoms with Gasteiger partial charge in [-0.05, 0) is 0 Å². The average molecular weight is 121 g/mol. The van der Waals surface area contributed by atoms with Gasteiger partial charge < -0.3 is 5.73 Å². The lowest BCUT2D eigenvalue weighted by atomic mass is 10.2. The van der Waals surface area contributed by atoms with Gasteiger partial charge in [0.15, 0.2) is 0 Å². The van der Waals surface area contributed by atoms with Crippen molar-refractivity contribution in [3.05, 3.63) is 0 Å².